The number of ether oxygens (including phenoxy) is 1. The Morgan fingerprint density at radius 3 is 3.14 bits per heavy atom. The van der Waals surface area contributed by atoms with E-state index in [0.717, 1.165) is 19.7 Å². The second kappa shape index (κ2) is 4.01. The van der Waals surface area contributed by atoms with E-state index in [1.54, 1.807) is 11.3 Å². The predicted octanol–water partition coefficient (Wildman–Crippen LogP) is 2.44. The molecule has 14 heavy (non-hydrogen) atoms. The van der Waals surface area contributed by atoms with Gasteiger partial charge >= 0.3 is 0 Å². The van der Waals surface area contributed by atoms with Crippen molar-refractivity contribution in [2.75, 3.05) is 19.7 Å². The number of hydrogen-bond donors (Lipinski definition) is 1. The van der Waals surface area contributed by atoms with E-state index >= 15 is 0 Å². The van der Waals surface area contributed by atoms with Gasteiger partial charge in [0.05, 0.1) is 6.61 Å². The lowest BCUT2D eigenvalue weighted by Gasteiger charge is -2.21. The fourth-order valence-corrected chi connectivity index (χ4v) is 2.41. The van der Waals surface area contributed by atoms with Crippen molar-refractivity contribution in [2.45, 2.75) is 20.0 Å². The zero-order valence-corrected chi connectivity index (χ0v) is 9.56. The molecule has 0 aliphatic carbocycles. The average Bonchev–Trinajstić information content (AvgIpc) is 2.58. The van der Waals surface area contributed by atoms with Crippen molar-refractivity contribution in [3.63, 3.8) is 0 Å². The third kappa shape index (κ3) is 2.35. The van der Waals surface area contributed by atoms with Crippen LogP contribution in [0.15, 0.2) is 17.5 Å². The smallest absolute Gasteiger partial charge is 0.104 e. The van der Waals surface area contributed by atoms with Gasteiger partial charge in [0.2, 0.25) is 0 Å². The minimum Gasteiger partial charge on any atom is -0.371 e. The molecule has 1 aromatic heterocycles. The molecule has 2 rings (SSSR count). The van der Waals surface area contributed by atoms with E-state index in [1.165, 1.54) is 4.88 Å². The van der Waals surface area contributed by atoms with Crippen LogP contribution in [0.4, 0.5) is 0 Å². The summed E-state index contributed by atoms with van der Waals surface area (Å²) < 4.78 is 5.91. The molecule has 2 heterocycles. The second-order valence-corrected chi connectivity index (χ2v) is 5.59. The van der Waals surface area contributed by atoms with Crippen LogP contribution < -0.4 is 5.32 Å². The molecular formula is C11H17NOS. The van der Waals surface area contributed by atoms with Crippen LogP contribution in [0.1, 0.15) is 24.8 Å². The summed E-state index contributed by atoms with van der Waals surface area (Å²) in [5, 5.41) is 5.56. The fourth-order valence-electron chi connectivity index (χ4n) is 1.63. The molecule has 1 aliphatic heterocycles. The number of thiophene rings is 1. The number of nitrogens with one attached hydrogen (secondary N) is 1. The zero-order valence-electron chi connectivity index (χ0n) is 8.75. The topological polar surface area (TPSA) is 21.3 Å². The molecule has 1 fully saturated rings. The minimum absolute atomic E-state index is 0.247. The first-order valence-corrected chi connectivity index (χ1v) is 5.91. The van der Waals surface area contributed by atoms with Crippen molar-refractivity contribution in [2.24, 2.45) is 5.41 Å². The van der Waals surface area contributed by atoms with Crippen LogP contribution >= 0.6 is 11.3 Å². The standard InChI is InChI=1S/C11H17NOS/c1-11(2)7-12-6-9(13-8-11)10-4-3-5-14-10/h3-5,9,12H,6-8H2,1-2H3. The summed E-state index contributed by atoms with van der Waals surface area (Å²) in [6, 6.07) is 4.23. The van der Waals surface area contributed by atoms with Crippen LogP contribution in [-0.4, -0.2) is 19.7 Å². The van der Waals surface area contributed by atoms with Crippen molar-refractivity contribution in [3.05, 3.63) is 22.4 Å². The largest absolute Gasteiger partial charge is 0.371 e. The Kier molecular flexibility index (Phi) is 2.91. The fraction of sp³-hybridized carbons (Fsp3) is 0.636. The molecule has 0 aromatic carbocycles. The van der Waals surface area contributed by atoms with E-state index in [0.29, 0.717) is 0 Å². The maximum Gasteiger partial charge on any atom is 0.104 e. The molecular weight excluding hydrogens is 194 g/mol. The predicted molar refractivity (Wildman–Crippen MR) is 59.7 cm³/mol. The van der Waals surface area contributed by atoms with Gasteiger partial charge in [-0.25, -0.2) is 0 Å². The van der Waals surface area contributed by atoms with Gasteiger partial charge < -0.3 is 10.1 Å². The molecule has 0 amide bonds. The molecule has 0 saturated carbocycles. The van der Waals surface area contributed by atoms with Crippen LogP contribution in [0.25, 0.3) is 0 Å². The van der Waals surface area contributed by atoms with Crippen LogP contribution in [-0.2, 0) is 4.74 Å². The Bertz CT molecular complexity index is 281. The lowest BCUT2D eigenvalue weighted by molar-refractivity contribution is 0.0279. The third-order valence-corrected chi connectivity index (χ3v) is 3.43. The number of rotatable bonds is 1. The highest BCUT2D eigenvalue weighted by Crippen LogP contribution is 2.27. The van der Waals surface area contributed by atoms with Gasteiger partial charge in [0, 0.05) is 23.4 Å². The van der Waals surface area contributed by atoms with Gasteiger partial charge in [-0.2, -0.15) is 0 Å². The van der Waals surface area contributed by atoms with Gasteiger partial charge in [0.15, 0.2) is 0 Å². The zero-order chi connectivity index (χ0) is 10.0. The molecule has 3 heteroatoms. The Morgan fingerprint density at radius 2 is 2.43 bits per heavy atom. The SMILES string of the molecule is CC1(C)CNCC(c2cccs2)OC1. The van der Waals surface area contributed by atoms with Gasteiger partial charge in [0.25, 0.3) is 0 Å². The first kappa shape index (κ1) is 10.1. The van der Waals surface area contributed by atoms with Crippen molar-refractivity contribution < 1.29 is 4.74 Å². The number of hydrogen-bond acceptors (Lipinski definition) is 3. The highest BCUT2D eigenvalue weighted by atomic mass is 32.1. The van der Waals surface area contributed by atoms with E-state index in [-0.39, 0.29) is 11.5 Å². The van der Waals surface area contributed by atoms with Crippen molar-refractivity contribution >= 4 is 11.3 Å². The molecule has 1 saturated heterocycles. The summed E-state index contributed by atoms with van der Waals surface area (Å²) >= 11 is 1.77. The van der Waals surface area contributed by atoms with Crippen LogP contribution in [0.5, 0.6) is 0 Å². The van der Waals surface area contributed by atoms with Gasteiger partial charge in [-0.05, 0) is 11.4 Å². The van der Waals surface area contributed by atoms with Gasteiger partial charge in [0.1, 0.15) is 6.10 Å². The molecule has 1 N–H and O–H groups in total. The second-order valence-electron chi connectivity index (χ2n) is 4.61. The van der Waals surface area contributed by atoms with E-state index in [1.807, 2.05) is 0 Å². The molecule has 1 aliphatic rings. The van der Waals surface area contributed by atoms with Gasteiger partial charge in [-0.3, -0.25) is 0 Å². The minimum atomic E-state index is 0.247. The van der Waals surface area contributed by atoms with Crippen molar-refractivity contribution in [3.8, 4) is 0 Å². The first-order valence-electron chi connectivity index (χ1n) is 5.03. The first-order chi connectivity index (χ1) is 6.67. The average molecular weight is 211 g/mol. The van der Waals surface area contributed by atoms with E-state index < -0.39 is 0 Å². The molecule has 0 bridgehead atoms. The molecule has 1 unspecified atom stereocenters. The van der Waals surface area contributed by atoms with Crippen LogP contribution in [0.2, 0.25) is 0 Å². The lowest BCUT2D eigenvalue weighted by Crippen LogP contribution is -2.29. The molecule has 0 spiro atoms. The maximum absolute atomic E-state index is 5.91. The van der Waals surface area contributed by atoms with Crippen LogP contribution in [0.3, 0.4) is 0 Å². The molecule has 1 atom stereocenters. The molecule has 78 valence electrons. The maximum atomic E-state index is 5.91. The van der Waals surface area contributed by atoms with Gasteiger partial charge in [-0.1, -0.05) is 19.9 Å². The van der Waals surface area contributed by atoms with Crippen molar-refractivity contribution in [1.82, 2.24) is 5.32 Å². The summed E-state index contributed by atoms with van der Waals surface area (Å²) in [5.74, 6) is 0. The molecule has 2 nitrogen and oxygen atoms in total. The Morgan fingerprint density at radius 1 is 1.57 bits per heavy atom. The van der Waals surface area contributed by atoms with E-state index in [2.05, 4.69) is 36.7 Å². The normalized spacial score (nSPS) is 27.1. The summed E-state index contributed by atoms with van der Waals surface area (Å²) in [6.45, 7) is 7.27. The highest BCUT2D eigenvalue weighted by Gasteiger charge is 2.25. The highest BCUT2D eigenvalue weighted by molar-refractivity contribution is 7.10. The van der Waals surface area contributed by atoms with Gasteiger partial charge in [-0.15, -0.1) is 11.3 Å². The Labute approximate surface area is 89.3 Å². The lowest BCUT2D eigenvalue weighted by atomic mass is 9.95. The summed E-state index contributed by atoms with van der Waals surface area (Å²) in [4.78, 5) is 1.33. The van der Waals surface area contributed by atoms with E-state index in [9.17, 15) is 0 Å². The Balaban J connectivity index is 2.03. The monoisotopic (exact) mass is 211 g/mol. The molecule has 0 radical (unpaired) electrons. The summed E-state index contributed by atoms with van der Waals surface area (Å²) in [7, 11) is 0. The van der Waals surface area contributed by atoms with E-state index in [4.69, 9.17) is 4.74 Å². The van der Waals surface area contributed by atoms with Crippen molar-refractivity contribution in [1.29, 1.82) is 0 Å². The summed E-state index contributed by atoms with van der Waals surface area (Å²) in [6.07, 6.45) is 0.247. The quantitative estimate of drug-likeness (QED) is 0.770. The van der Waals surface area contributed by atoms with Crippen LogP contribution in [0, 0.1) is 5.41 Å². The third-order valence-electron chi connectivity index (χ3n) is 2.47. The molecule has 1 aromatic rings. The Hall–Kier alpha value is -0.380. The summed E-state index contributed by atoms with van der Waals surface area (Å²) in [5.41, 5.74) is 0.256.